The molecule has 2 rings (SSSR count). The Kier molecular flexibility index (Phi) is 4.15. The third-order valence-corrected chi connectivity index (χ3v) is 3.56. The molecule has 1 N–H and O–H groups in total. The van der Waals surface area contributed by atoms with Gasteiger partial charge in [-0.25, -0.2) is 0 Å². The second-order valence-electron chi connectivity index (χ2n) is 3.85. The molecule has 0 saturated heterocycles. The van der Waals surface area contributed by atoms with Crippen LogP contribution < -0.4 is 5.32 Å². The highest BCUT2D eigenvalue weighted by atomic mass is 35.5. The first kappa shape index (κ1) is 12.5. The fourth-order valence-electron chi connectivity index (χ4n) is 1.51. The molecule has 2 aromatic rings. The van der Waals surface area contributed by atoms with Crippen LogP contribution in [-0.2, 0) is 6.42 Å². The van der Waals surface area contributed by atoms with Gasteiger partial charge in [0.1, 0.15) is 0 Å². The fraction of sp³-hybridized carbons (Fsp3) is 0.455. The van der Waals surface area contributed by atoms with Crippen molar-refractivity contribution in [3.05, 3.63) is 33.1 Å². The molecule has 4 nitrogen and oxygen atoms in total. The van der Waals surface area contributed by atoms with E-state index in [4.69, 9.17) is 16.1 Å². The van der Waals surface area contributed by atoms with E-state index in [1.807, 2.05) is 13.0 Å². The van der Waals surface area contributed by atoms with E-state index in [2.05, 4.69) is 27.8 Å². The SMILES string of the molecule is Cc1noc(CCNC(C)c2csc(Cl)c2)n1. The number of aromatic nitrogens is 2. The molecule has 0 amide bonds. The molecule has 1 unspecified atom stereocenters. The minimum atomic E-state index is 0.280. The molecule has 0 spiro atoms. The van der Waals surface area contributed by atoms with Gasteiger partial charge in [-0.3, -0.25) is 0 Å². The maximum absolute atomic E-state index is 5.89. The lowest BCUT2D eigenvalue weighted by Crippen LogP contribution is -2.21. The molecule has 2 heterocycles. The molecule has 0 fully saturated rings. The Morgan fingerprint density at radius 2 is 2.41 bits per heavy atom. The highest BCUT2D eigenvalue weighted by Crippen LogP contribution is 2.24. The lowest BCUT2D eigenvalue weighted by Gasteiger charge is -2.10. The summed E-state index contributed by atoms with van der Waals surface area (Å²) in [6.45, 7) is 4.73. The van der Waals surface area contributed by atoms with Crippen molar-refractivity contribution in [1.29, 1.82) is 0 Å². The number of halogens is 1. The Labute approximate surface area is 109 Å². The van der Waals surface area contributed by atoms with Crippen molar-refractivity contribution in [3.8, 4) is 0 Å². The summed E-state index contributed by atoms with van der Waals surface area (Å²) < 4.78 is 5.86. The Morgan fingerprint density at radius 1 is 1.59 bits per heavy atom. The average Bonchev–Trinajstić information content (AvgIpc) is 2.88. The predicted molar refractivity (Wildman–Crippen MR) is 68.5 cm³/mol. The first-order valence-corrected chi connectivity index (χ1v) is 6.67. The van der Waals surface area contributed by atoms with Crippen LogP contribution in [0.2, 0.25) is 4.34 Å². The molecule has 0 aromatic carbocycles. The van der Waals surface area contributed by atoms with E-state index in [0.29, 0.717) is 11.7 Å². The van der Waals surface area contributed by atoms with Crippen molar-refractivity contribution < 1.29 is 4.52 Å². The number of aryl methyl sites for hydroxylation is 1. The predicted octanol–water partition coefficient (Wildman–Crippen LogP) is 2.99. The van der Waals surface area contributed by atoms with E-state index >= 15 is 0 Å². The molecule has 0 aliphatic heterocycles. The lowest BCUT2D eigenvalue weighted by atomic mass is 10.2. The average molecular weight is 272 g/mol. The summed E-state index contributed by atoms with van der Waals surface area (Å²) in [5.74, 6) is 1.35. The largest absolute Gasteiger partial charge is 0.339 e. The van der Waals surface area contributed by atoms with Crippen LogP contribution >= 0.6 is 22.9 Å². The van der Waals surface area contributed by atoms with Gasteiger partial charge in [0.25, 0.3) is 0 Å². The van der Waals surface area contributed by atoms with Crippen LogP contribution in [0.3, 0.4) is 0 Å². The zero-order chi connectivity index (χ0) is 12.3. The standard InChI is InChI=1S/C11H14ClN3OS/c1-7(9-5-10(12)17-6-9)13-4-3-11-14-8(2)15-16-11/h5-7,13H,3-4H2,1-2H3. The lowest BCUT2D eigenvalue weighted by molar-refractivity contribution is 0.370. The van der Waals surface area contributed by atoms with E-state index in [-0.39, 0.29) is 6.04 Å². The highest BCUT2D eigenvalue weighted by Gasteiger charge is 2.08. The molecule has 0 aliphatic rings. The van der Waals surface area contributed by atoms with Crippen molar-refractivity contribution in [1.82, 2.24) is 15.5 Å². The van der Waals surface area contributed by atoms with Crippen LogP contribution in [0.15, 0.2) is 16.0 Å². The van der Waals surface area contributed by atoms with Crippen LogP contribution in [0, 0.1) is 6.92 Å². The topological polar surface area (TPSA) is 51.0 Å². The number of hydrogen-bond acceptors (Lipinski definition) is 5. The Balaban J connectivity index is 1.78. The molecule has 1 atom stereocenters. The first-order chi connectivity index (χ1) is 8.15. The van der Waals surface area contributed by atoms with Crippen LogP contribution in [0.25, 0.3) is 0 Å². The van der Waals surface area contributed by atoms with Crippen molar-refractivity contribution in [2.75, 3.05) is 6.54 Å². The van der Waals surface area contributed by atoms with Gasteiger partial charge < -0.3 is 9.84 Å². The molecule has 0 saturated carbocycles. The van der Waals surface area contributed by atoms with E-state index in [9.17, 15) is 0 Å². The summed E-state index contributed by atoms with van der Waals surface area (Å²) in [4.78, 5) is 4.15. The summed E-state index contributed by atoms with van der Waals surface area (Å²) >= 11 is 7.45. The second-order valence-corrected chi connectivity index (χ2v) is 5.39. The van der Waals surface area contributed by atoms with Gasteiger partial charge in [0.15, 0.2) is 5.82 Å². The zero-order valence-corrected chi connectivity index (χ0v) is 11.3. The number of nitrogens with zero attached hydrogens (tertiary/aromatic N) is 2. The van der Waals surface area contributed by atoms with Gasteiger partial charge >= 0.3 is 0 Å². The maximum atomic E-state index is 5.89. The summed E-state index contributed by atoms with van der Waals surface area (Å²) in [7, 11) is 0. The smallest absolute Gasteiger partial charge is 0.227 e. The zero-order valence-electron chi connectivity index (χ0n) is 9.74. The third kappa shape index (κ3) is 3.52. The highest BCUT2D eigenvalue weighted by molar-refractivity contribution is 7.14. The fourth-order valence-corrected chi connectivity index (χ4v) is 2.49. The van der Waals surface area contributed by atoms with Crippen molar-refractivity contribution in [2.24, 2.45) is 0 Å². The minimum absolute atomic E-state index is 0.280. The maximum Gasteiger partial charge on any atom is 0.227 e. The van der Waals surface area contributed by atoms with Crippen molar-refractivity contribution >= 4 is 22.9 Å². The van der Waals surface area contributed by atoms with Crippen molar-refractivity contribution in [2.45, 2.75) is 26.3 Å². The molecular formula is C11H14ClN3OS. The minimum Gasteiger partial charge on any atom is -0.339 e. The summed E-state index contributed by atoms with van der Waals surface area (Å²) in [6.07, 6.45) is 0.739. The van der Waals surface area contributed by atoms with Crippen molar-refractivity contribution in [3.63, 3.8) is 0 Å². The van der Waals surface area contributed by atoms with Gasteiger partial charge in [-0.05, 0) is 30.9 Å². The van der Waals surface area contributed by atoms with E-state index in [0.717, 1.165) is 17.3 Å². The summed E-state index contributed by atoms with van der Waals surface area (Å²) in [5.41, 5.74) is 1.21. The Morgan fingerprint density at radius 3 is 3.00 bits per heavy atom. The molecule has 17 heavy (non-hydrogen) atoms. The Hall–Kier alpha value is -0.910. The Bertz CT molecular complexity index is 483. The van der Waals surface area contributed by atoms with E-state index < -0.39 is 0 Å². The third-order valence-electron chi connectivity index (χ3n) is 2.45. The molecule has 92 valence electrons. The van der Waals surface area contributed by atoms with Crippen LogP contribution in [0.4, 0.5) is 0 Å². The van der Waals surface area contributed by atoms with Gasteiger partial charge in [0.05, 0.1) is 4.34 Å². The van der Waals surface area contributed by atoms with E-state index in [1.165, 1.54) is 5.56 Å². The molecular weight excluding hydrogens is 258 g/mol. The van der Waals surface area contributed by atoms with Gasteiger partial charge in [-0.2, -0.15) is 4.98 Å². The first-order valence-electron chi connectivity index (χ1n) is 5.41. The number of rotatable bonds is 5. The number of nitrogens with one attached hydrogen (secondary N) is 1. The normalized spacial score (nSPS) is 12.9. The van der Waals surface area contributed by atoms with Gasteiger partial charge in [-0.15, -0.1) is 11.3 Å². The van der Waals surface area contributed by atoms with Gasteiger partial charge in [0, 0.05) is 19.0 Å². The summed E-state index contributed by atoms with van der Waals surface area (Å²) in [6, 6.07) is 2.27. The second kappa shape index (κ2) is 5.62. The molecule has 0 bridgehead atoms. The van der Waals surface area contributed by atoms with Gasteiger partial charge in [0.2, 0.25) is 5.89 Å². The summed E-state index contributed by atoms with van der Waals surface area (Å²) in [5, 5.41) is 9.20. The van der Waals surface area contributed by atoms with Crippen LogP contribution in [-0.4, -0.2) is 16.7 Å². The van der Waals surface area contributed by atoms with Gasteiger partial charge in [-0.1, -0.05) is 16.8 Å². The molecule has 0 radical (unpaired) electrons. The number of thiophene rings is 1. The molecule has 2 aromatic heterocycles. The van der Waals surface area contributed by atoms with E-state index in [1.54, 1.807) is 11.3 Å². The quantitative estimate of drug-likeness (QED) is 0.908. The van der Waals surface area contributed by atoms with Crippen LogP contribution in [0.1, 0.15) is 30.2 Å². The molecule has 6 heteroatoms. The number of hydrogen-bond donors (Lipinski definition) is 1. The van der Waals surface area contributed by atoms with Crippen LogP contribution in [0.5, 0.6) is 0 Å². The molecule has 0 aliphatic carbocycles. The monoisotopic (exact) mass is 271 g/mol.